The van der Waals surface area contributed by atoms with Gasteiger partial charge in [-0.2, -0.15) is 0 Å². The lowest BCUT2D eigenvalue weighted by atomic mass is 9.82. The molecule has 0 amide bonds. The predicted octanol–water partition coefficient (Wildman–Crippen LogP) is 2.92. The Kier molecular flexibility index (Phi) is 1.79. The summed E-state index contributed by atoms with van der Waals surface area (Å²) in [5, 5.41) is 3.13. The van der Waals surface area contributed by atoms with Gasteiger partial charge in [0.2, 0.25) is 0 Å². The number of nitrogens with one attached hydrogen (secondary N) is 1. The van der Waals surface area contributed by atoms with Crippen LogP contribution in [0, 0.1) is 5.82 Å². The number of anilines is 1. The molecule has 0 spiro atoms. The molecular formula is C11H14FN. The highest BCUT2D eigenvalue weighted by molar-refractivity contribution is 5.60. The molecule has 2 rings (SSSR count). The van der Waals surface area contributed by atoms with E-state index in [2.05, 4.69) is 19.2 Å². The van der Waals surface area contributed by atoms with Crippen LogP contribution in [0.15, 0.2) is 18.2 Å². The maximum atomic E-state index is 13.3. The van der Waals surface area contributed by atoms with E-state index in [9.17, 15) is 4.39 Å². The standard InChI is InChI=1S/C11H14FN/c1-3-11(2)7-13-10-8(11)5-4-6-9(10)12/h4-6,13H,3,7H2,1-2H3. The summed E-state index contributed by atoms with van der Waals surface area (Å²) in [4.78, 5) is 0. The summed E-state index contributed by atoms with van der Waals surface area (Å²) in [5.74, 6) is -0.130. The molecule has 0 radical (unpaired) electrons. The summed E-state index contributed by atoms with van der Waals surface area (Å²) in [6.07, 6.45) is 1.04. The van der Waals surface area contributed by atoms with Crippen molar-refractivity contribution in [2.75, 3.05) is 11.9 Å². The molecule has 0 aromatic heterocycles. The Morgan fingerprint density at radius 1 is 1.54 bits per heavy atom. The fourth-order valence-corrected chi connectivity index (χ4v) is 1.90. The van der Waals surface area contributed by atoms with Crippen molar-refractivity contribution in [3.05, 3.63) is 29.6 Å². The van der Waals surface area contributed by atoms with Crippen LogP contribution in [-0.4, -0.2) is 6.54 Å². The van der Waals surface area contributed by atoms with E-state index in [4.69, 9.17) is 0 Å². The number of halogens is 1. The molecule has 1 aromatic carbocycles. The summed E-state index contributed by atoms with van der Waals surface area (Å²) in [7, 11) is 0. The molecule has 0 bridgehead atoms. The Hall–Kier alpha value is -1.05. The van der Waals surface area contributed by atoms with Gasteiger partial charge in [0.05, 0.1) is 5.69 Å². The minimum atomic E-state index is -0.130. The van der Waals surface area contributed by atoms with Crippen LogP contribution in [0.3, 0.4) is 0 Å². The molecule has 1 N–H and O–H groups in total. The lowest BCUT2D eigenvalue weighted by molar-refractivity contribution is 0.503. The van der Waals surface area contributed by atoms with E-state index in [0.717, 1.165) is 18.5 Å². The zero-order chi connectivity index (χ0) is 9.47. The molecular weight excluding hydrogens is 165 g/mol. The first-order chi connectivity index (χ1) is 6.17. The summed E-state index contributed by atoms with van der Waals surface area (Å²) < 4.78 is 13.3. The Morgan fingerprint density at radius 3 is 3.00 bits per heavy atom. The lowest BCUT2D eigenvalue weighted by Gasteiger charge is -2.21. The van der Waals surface area contributed by atoms with E-state index in [-0.39, 0.29) is 11.2 Å². The van der Waals surface area contributed by atoms with Crippen LogP contribution in [-0.2, 0) is 5.41 Å². The first kappa shape index (κ1) is 8.54. The van der Waals surface area contributed by atoms with Gasteiger partial charge in [-0.3, -0.25) is 0 Å². The average molecular weight is 179 g/mol. The number of rotatable bonds is 1. The van der Waals surface area contributed by atoms with Crippen LogP contribution in [0.5, 0.6) is 0 Å². The molecule has 1 aliphatic heterocycles. The van der Waals surface area contributed by atoms with Crippen LogP contribution >= 0.6 is 0 Å². The molecule has 0 saturated heterocycles. The molecule has 1 atom stereocenters. The second-order valence-corrected chi connectivity index (χ2v) is 3.93. The summed E-state index contributed by atoms with van der Waals surface area (Å²) in [5.41, 5.74) is 1.93. The SMILES string of the molecule is CCC1(C)CNc2c(F)cccc21. The van der Waals surface area contributed by atoms with Gasteiger partial charge < -0.3 is 5.32 Å². The van der Waals surface area contributed by atoms with Crippen LogP contribution in [0.1, 0.15) is 25.8 Å². The smallest absolute Gasteiger partial charge is 0.146 e. The van der Waals surface area contributed by atoms with Crippen LogP contribution in [0.4, 0.5) is 10.1 Å². The van der Waals surface area contributed by atoms with Gasteiger partial charge in [0.1, 0.15) is 5.82 Å². The zero-order valence-corrected chi connectivity index (χ0v) is 8.02. The van der Waals surface area contributed by atoms with Crippen molar-refractivity contribution in [1.29, 1.82) is 0 Å². The normalized spacial score (nSPS) is 25.5. The second kappa shape index (κ2) is 2.72. The van der Waals surface area contributed by atoms with E-state index in [1.165, 1.54) is 6.07 Å². The van der Waals surface area contributed by atoms with E-state index in [1.807, 2.05) is 6.07 Å². The molecule has 0 fully saturated rings. The average Bonchev–Trinajstić information content (AvgIpc) is 2.47. The molecule has 0 aliphatic carbocycles. The molecule has 1 heterocycles. The molecule has 1 aliphatic rings. The van der Waals surface area contributed by atoms with Gasteiger partial charge >= 0.3 is 0 Å². The molecule has 1 unspecified atom stereocenters. The van der Waals surface area contributed by atoms with Crippen LogP contribution in [0.2, 0.25) is 0 Å². The van der Waals surface area contributed by atoms with Crippen molar-refractivity contribution in [1.82, 2.24) is 0 Å². The first-order valence-corrected chi connectivity index (χ1v) is 4.70. The van der Waals surface area contributed by atoms with Crippen molar-refractivity contribution in [2.24, 2.45) is 0 Å². The van der Waals surface area contributed by atoms with E-state index >= 15 is 0 Å². The third kappa shape index (κ3) is 1.12. The van der Waals surface area contributed by atoms with Crippen molar-refractivity contribution in [2.45, 2.75) is 25.7 Å². The highest BCUT2D eigenvalue weighted by Gasteiger charge is 2.33. The van der Waals surface area contributed by atoms with E-state index < -0.39 is 0 Å². The van der Waals surface area contributed by atoms with Gasteiger partial charge in [-0.1, -0.05) is 26.0 Å². The maximum absolute atomic E-state index is 13.3. The number of benzene rings is 1. The van der Waals surface area contributed by atoms with E-state index in [1.54, 1.807) is 6.07 Å². The molecule has 70 valence electrons. The second-order valence-electron chi connectivity index (χ2n) is 3.93. The Balaban J connectivity index is 2.55. The Bertz CT molecular complexity index is 335. The van der Waals surface area contributed by atoms with Gasteiger partial charge in [-0.15, -0.1) is 0 Å². The number of hydrogen-bond acceptors (Lipinski definition) is 1. The van der Waals surface area contributed by atoms with E-state index in [0.29, 0.717) is 5.69 Å². The summed E-state index contributed by atoms with van der Waals surface area (Å²) >= 11 is 0. The lowest BCUT2D eigenvalue weighted by Crippen LogP contribution is -2.22. The van der Waals surface area contributed by atoms with Gasteiger partial charge in [0.15, 0.2) is 0 Å². The molecule has 0 saturated carbocycles. The Labute approximate surface area is 78.0 Å². The van der Waals surface area contributed by atoms with Crippen LogP contribution in [0.25, 0.3) is 0 Å². The van der Waals surface area contributed by atoms with Crippen molar-refractivity contribution < 1.29 is 4.39 Å². The number of para-hydroxylation sites is 1. The Morgan fingerprint density at radius 2 is 2.31 bits per heavy atom. The minimum Gasteiger partial charge on any atom is -0.382 e. The largest absolute Gasteiger partial charge is 0.382 e. The molecule has 1 aromatic rings. The third-order valence-corrected chi connectivity index (χ3v) is 3.10. The summed E-state index contributed by atoms with van der Waals surface area (Å²) in [6, 6.07) is 5.31. The minimum absolute atomic E-state index is 0.109. The van der Waals surface area contributed by atoms with Crippen molar-refractivity contribution in [3.63, 3.8) is 0 Å². The quantitative estimate of drug-likeness (QED) is 0.699. The fourth-order valence-electron chi connectivity index (χ4n) is 1.90. The number of fused-ring (bicyclic) bond motifs is 1. The monoisotopic (exact) mass is 179 g/mol. The number of hydrogen-bond donors (Lipinski definition) is 1. The van der Waals surface area contributed by atoms with Crippen molar-refractivity contribution in [3.8, 4) is 0 Å². The summed E-state index contributed by atoms with van der Waals surface area (Å²) in [6.45, 7) is 5.16. The van der Waals surface area contributed by atoms with Crippen molar-refractivity contribution >= 4 is 5.69 Å². The predicted molar refractivity (Wildman–Crippen MR) is 52.5 cm³/mol. The fraction of sp³-hybridized carbons (Fsp3) is 0.455. The topological polar surface area (TPSA) is 12.0 Å². The molecule has 2 heteroatoms. The third-order valence-electron chi connectivity index (χ3n) is 3.10. The highest BCUT2D eigenvalue weighted by atomic mass is 19.1. The first-order valence-electron chi connectivity index (χ1n) is 4.70. The maximum Gasteiger partial charge on any atom is 0.146 e. The van der Waals surface area contributed by atoms with Gasteiger partial charge in [0.25, 0.3) is 0 Å². The molecule has 13 heavy (non-hydrogen) atoms. The van der Waals surface area contributed by atoms with Crippen LogP contribution < -0.4 is 5.32 Å². The van der Waals surface area contributed by atoms with Gasteiger partial charge in [0, 0.05) is 12.0 Å². The van der Waals surface area contributed by atoms with Gasteiger partial charge in [-0.25, -0.2) is 4.39 Å². The van der Waals surface area contributed by atoms with Gasteiger partial charge in [-0.05, 0) is 18.1 Å². The molecule has 1 nitrogen and oxygen atoms in total. The highest BCUT2D eigenvalue weighted by Crippen LogP contribution is 2.39. The zero-order valence-electron chi connectivity index (χ0n) is 8.02.